The molecule has 0 unspecified atom stereocenters. The molecular weight excluding hydrogens is 277 g/mol. The zero-order valence-corrected chi connectivity index (χ0v) is 10.4. The molecule has 1 N–H and O–H groups in total. The minimum absolute atomic E-state index is 0.160. The van der Waals surface area contributed by atoms with Crippen LogP contribution in [0.25, 0.3) is 0 Å². The Bertz CT molecular complexity index is 463. The third-order valence-electron chi connectivity index (χ3n) is 2.37. The molecule has 0 aliphatic rings. The summed E-state index contributed by atoms with van der Waals surface area (Å²) < 4.78 is 36.8. The van der Waals surface area contributed by atoms with Crippen LogP contribution in [0.5, 0.6) is 0 Å². The molecule has 0 aromatic carbocycles. The Hall–Kier alpha value is -2.12. The molecule has 1 heterocycles. The summed E-state index contributed by atoms with van der Waals surface area (Å²) in [7, 11) is 0. The number of aromatic nitrogens is 1. The normalized spacial score (nSPS) is 11.2. The van der Waals surface area contributed by atoms with Crippen molar-refractivity contribution in [1.29, 1.82) is 0 Å². The topological polar surface area (TPSA) is 70.5 Å². The second-order valence-electron chi connectivity index (χ2n) is 4.08. The van der Waals surface area contributed by atoms with Gasteiger partial charge in [0.25, 0.3) is 0 Å². The fourth-order valence-corrected chi connectivity index (χ4v) is 1.55. The third-order valence-corrected chi connectivity index (χ3v) is 2.37. The Morgan fingerprint density at radius 3 is 2.50 bits per heavy atom. The van der Waals surface area contributed by atoms with Gasteiger partial charge in [0.05, 0.1) is 0 Å². The molecule has 0 saturated heterocycles. The fourth-order valence-electron chi connectivity index (χ4n) is 1.55. The Morgan fingerprint density at radius 2 is 2.00 bits per heavy atom. The van der Waals surface area contributed by atoms with Gasteiger partial charge in [-0.2, -0.15) is 13.2 Å². The van der Waals surface area contributed by atoms with Crippen LogP contribution in [0.3, 0.4) is 0 Å². The maximum absolute atomic E-state index is 12.3. The highest BCUT2D eigenvalue weighted by atomic mass is 19.4. The SMILES string of the molecule is O=C(O)CN(CC(F)(F)F)C(=O)CCc1ccccn1. The minimum atomic E-state index is -4.63. The number of halogens is 3. The molecule has 1 rings (SSSR count). The minimum Gasteiger partial charge on any atom is -0.480 e. The molecule has 0 saturated carbocycles. The quantitative estimate of drug-likeness (QED) is 0.861. The average Bonchev–Trinajstić information content (AvgIpc) is 2.34. The van der Waals surface area contributed by atoms with Gasteiger partial charge in [-0.05, 0) is 18.6 Å². The van der Waals surface area contributed by atoms with E-state index in [2.05, 4.69) is 4.98 Å². The Balaban J connectivity index is 2.61. The van der Waals surface area contributed by atoms with Crippen molar-refractivity contribution in [1.82, 2.24) is 9.88 Å². The smallest absolute Gasteiger partial charge is 0.406 e. The lowest BCUT2D eigenvalue weighted by Crippen LogP contribution is -2.42. The highest BCUT2D eigenvalue weighted by molar-refractivity contribution is 5.81. The average molecular weight is 290 g/mol. The lowest BCUT2D eigenvalue weighted by Gasteiger charge is -2.22. The summed E-state index contributed by atoms with van der Waals surface area (Å²) >= 11 is 0. The van der Waals surface area contributed by atoms with Crippen LogP contribution in [0.15, 0.2) is 24.4 Å². The van der Waals surface area contributed by atoms with Crippen molar-refractivity contribution in [2.75, 3.05) is 13.1 Å². The second kappa shape index (κ2) is 6.88. The molecule has 110 valence electrons. The van der Waals surface area contributed by atoms with E-state index < -0.39 is 31.1 Å². The van der Waals surface area contributed by atoms with Crippen LogP contribution in [0.1, 0.15) is 12.1 Å². The van der Waals surface area contributed by atoms with Crippen LogP contribution >= 0.6 is 0 Å². The van der Waals surface area contributed by atoms with Gasteiger partial charge in [-0.15, -0.1) is 0 Å². The van der Waals surface area contributed by atoms with Gasteiger partial charge in [0.1, 0.15) is 13.1 Å². The van der Waals surface area contributed by atoms with Gasteiger partial charge in [-0.3, -0.25) is 14.6 Å². The first-order valence-electron chi connectivity index (χ1n) is 5.74. The largest absolute Gasteiger partial charge is 0.480 e. The number of hydrogen-bond donors (Lipinski definition) is 1. The fraction of sp³-hybridized carbons (Fsp3) is 0.417. The number of pyridine rings is 1. The summed E-state index contributed by atoms with van der Waals surface area (Å²) in [6.45, 7) is -2.54. The number of rotatable bonds is 6. The van der Waals surface area contributed by atoms with Crippen molar-refractivity contribution < 1.29 is 27.9 Å². The van der Waals surface area contributed by atoms with Crippen LogP contribution in [-0.4, -0.2) is 46.1 Å². The lowest BCUT2D eigenvalue weighted by atomic mass is 10.2. The molecule has 0 spiro atoms. The predicted molar refractivity (Wildman–Crippen MR) is 62.8 cm³/mol. The summed E-state index contributed by atoms with van der Waals surface area (Å²) in [4.78, 5) is 26.4. The van der Waals surface area contributed by atoms with Crippen LogP contribution in [0, 0.1) is 0 Å². The first-order valence-corrected chi connectivity index (χ1v) is 5.74. The number of amides is 1. The summed E-state index contributed by atoms with van der Waals surface area (Å²) in [6, 6.07) is 5.00. The predicted octanol–water partition coefficient (Wildman–Crippen LogP) is 1.49. The number of alkyl halides is 3. The zero-order valence-electron chi connectivity index (χ0n) is 10.4. The van der Waals surface area contributed by atoms with E-state index in [1.54, 1.807) is 18.2 Å². The van der Waals surface area contributed by atoms with E-state index in [0.717, 1.165) is 0 Å². The molecule has 0 bridgehead atoms. The molecule has 0 aliphatic carbocycles. The van der Waals surface area contributed by atoms with E-state index >= 15 is 0 Å². The molecule has 0 fully saturated rings. The Kier molecular flexibility index (Phi) is 5.48. The second-order valence-corrected chi connectivity index (χ2v) is 4.08. The van der Waals surface area contributed by atoms with Gasteiger partial charge in [0.2, 0.25) is 5.91 Å². The summed E-state index contributed by atoms with van der Waals surface area (Å²) in [5.74, 6) is -2.35. The van der Waals surface area contributed by atoms with Gasteiger partial charge in [0.15, 0.2) is 0 Å². The van der Waals surface area contributed by atoms with Gasteiger partial charge in [0, 0.05) is 18.3 Å². The summed E-state index contributed by atoms with van der Waals surface area (Å²) in [5, 5.41) is 8.54. The monoisotopic (exact) mass is 290 g/mol. The van der Waals surface area contributed by atoms with E-state index in [-0.39, 0.29) is 17.7 Å². The molecule has 1 amide bonds. The van der Waals surface area contributed by atoms with Crippen LogP contribution in [0.4, 0.5) is 13.2 Å². The van der Waals surface area contributed by atoms with Crippen molar-refractivity contribution in [3.8, 4) is 0 Å². The molecular formula is C12H13F3N2O3. The number of carboxylic acid groups (broad SMARTS) is 1. The van der Waals surface area contributed by atoms with Crippen molar-refractivity contribution in [3.05, 3.63) is 30.1 Å². The third kappa shape index (κ3) is 6.17. The number of carbonyl (C=O) groups is 2. The molecule has 0 radical (unpaired) electrons. The van der Waals surface area contributed by atoms with Crippen LogP contribution in [0.2, 0.25) is 0 Å². The lowest BCUT2D eigenvalue weighted by molar-refractivity contribution is -0.165. The van der Waals surface area contributed by atoms with Gasteiger partial charge >= 0.3 is 12.1 Å². The van der Waals surface area contributed by atoms with Crippen molar-refractivity contribution >= 4 is 11.9 Å². The molecule has 1 aromatic rings. The molecule has 1 aromatic heterocycles. The van der Waals surface area contributed by atoms with Crippen LogP contribution < -0.4 is 0 Å². The number of carbonyl (C=O) groups excluding carboxylic acids is 1. The van der Waals surface area contributed by atoms with E-state index in [9.17, 15) is 22.8 Å². The number of nitrogens with zero attached hydrogens (tertiary/aromatic N) is 2. The summed E-state index contributed by atoms with van der Waals surface area (Å²) in [6.07, 6.45) is -3.19. The Morgan fingerprint density at radius 1 is 1.30 bits per heavy atom. The van der Waals surface area contributed by atoms with Crippen LogP contribution in [-0.2, 0) is 16.0 Å². The maximum atomic E-state index is 12.3. The molecule has 8 heteroatoms. The van der Waals surface area contributed by atoms with E-state index in [0.29, 0.717) is 5.69 Å². The van der Waals surface area contributed by atoms with E-state index in [4.69, 9.17) is 5.11 Å². The number of aliphatic carboxylic acids is 1. The van der Waals surface area contributed by atoms with Gasteiger partial charge < -0.3 is 10.0 Å². The van der Waals surface area contributed by atoms with Gasteiger partial charge in [-0.25, -0.2) is 0 Å². The molecule has 5 nitrogen and oxygen atoms in total. The van der Waals surface area contributed by atoms with E-state index in [1.807, 2.05) is 0 Å². The number of hydrogen-bond acceptors (Lipinski definition) is 3. The van der Waals surface area contributed by atoms with Crippen molar-refractivity contribution in [3.63, 3.8) is 0 Å². The first-order chi connectivity index (χ1) is 9.28. The number of aryl methyl sites for hydroxylation is 1. The molecule has 0 aliphatic heterocycles. The van der Waals surface area contributed by atoms with Crippen molar-refractivity contribution in [2.24, 2.45) is 0 Å². The molecule has 0 atom stereocenters. The van der Waals surface area contributed by atoms with Crippen molar-refractivity contribution in [2.45, 2.75) is 19.0 Å². The number of carboxylic acids is 1. The maximum Gasteiger partial charge on any atom is 0.406 e. The highest BCUT2D eigenvalue weighted by Crippen LogP contribution is 2.17. The first kappa shape index (κ1) is 15.9. The zero-order chi connectivity index (χ0) is 15.2. The Labute approximate surface area is 113 Å². The summed E-state index contributed by atoms with van der Waals surface area (Å²) in [5.41, 5.74) is 0.558. The standard InChI is InChI=1S/C12H13F3N2O3/c13-12(14,15)8-17(7-11(19)20)10(18)5-4-9-3-1-2-6-16-9/h1-3,6H,4-5,7-8H2,(H,19,20). The van der Waals surface area contributed by atoms with E-state index in [1.165, 1.54) is 6.20 Å². The molecule has 20 heavy (non-hydrogen) atoms. The van der Waals surface area contributed by atoms with Gasteiger partial charge in [-0.1, -0.05) is 6.07 Å². The highest BCUT2D eigenvalue weighted by Gasteiger charge is 2.33.